The molecule has 0 heterocycles. The van der Waals surface area contributed by atoms with Crippen LogP contribution in [0, 0.1) is 0 Å². The number of hydrogen-bond acceptors (Lipinski definition) is 4. The van der Waals surface area contributed by atoms with Gasteiger partial charge in [-0.15, -0.1) is 0 Å². The lowest BCUT2D eigenvalue weighted by atomic mass is 9.89. The summed E-state index contributed by atoms with van der Waals surface area (Å²) in [6.45, 7) is 18.5. The molecule has 2 aromatic rings. The SMILES string of the molecule is CCC(C)c1cc(C=NCCN=Cc2cc(C(C)CC)cc(C(C)CC)c2O)c(O)c(C(C)CC)c1. The quantitative estimate of drug-likeness (QED) is 0.217. The molecule has 0 aliphatic heterocycles. The first-order chi connectivity index (χ1) is 17.2. The summed E-state index contributed by atoms with van der Waals surface area (Å²) in [6, 6.07) is 8.45. The van der Waals surface area contributed by atoms with Crippen molar-refractivity contribution in [2.45, 2.75) is 105 Å². The fraction of sp³-hybridized carbons (Fsp3) is 0.562. The molecule has 0 fully saturated rings. The minimum absolute atomic E-state index is 0.296. The Morgan fingerprint density at radius 1 is 0.583 bits per heavy atom. The highest BCUT2D eigenvalue weighted by Gasteiger charge is 2.17. The monoisotopic (exact) mass is 492 g/mol. The number of aromatic hydroxyl groups is 2. The van der Waals surface area contributed by atoms with Crippen LogP contribution in [0.4, 0.5) is 0 Å². The van der Waals surface area contributed by atoms with E-state index in [0.29, 0.717) is 48.3 Å². The molecule has 2 aromatic carbocycles. The molecule has 198 valence electrons. The topological polar surface area (TPSA) is 65.2 Å². The van der Waals surface area contributed by atoms with Gasteiger partial charge in [-0.05, 0) is 83.7 Å². The van der Waals surface area contributed by atoms with Crippen molar-refractivity contribution in [1.29, 1.82) is 0 Å². The van der Waals surface area contributed by atoms with Crippen LogP contribution in [-0.4, -0.2) is 35.7 Å². The minimum atomic E-state index is 0.296. The van der Waals surface area contributed by atoms with E-state index < -0.39 is 0 Å². The predicted molar refractivity (Wildman–Crippen MR) is 156 cm³/mol. The van der Waals surface area contributed by atoms with E-state index in [1.165, 1.54) is 11.1 Å². The zero-order valence-electron chi connectivity index (χ0n) is 23.8. The molecular weight excluding hydrogens is 444 g/mol. The number of aliphatic imine (C=N–C) groups is 2. The summed E-state index contributed by atoms with van der Waals surface area (Å²) in [5.41, 5.74) is 6.07. The lowest BCUT2D eigenvalue weighted by molar-refractivity contribution is 0.459. The van der Waals surface area contributed by atoms with Crippen molar-refractivity contribution in [2.24, 2.45) is 9.98 Å². The third-order valence-corrected chi connectivity index (χ3v) is 7.85. The molecule has 4 atom stereocenters. The van der Waals surface area contributed by atoms with E-state index in [1.807, 2.05) is 0 Å². The molecule has 0 aliphatic rings. The van der Waals surface area contributed by atoms with E-state index in [0.717, 1.165) is 47.9 Å². The van der Waals surface area contributed by atoms with E-state index in [2.05, 4.69) is 89.6 Å². The van der Waals surface area contributed by atoms with Gasteiger partial charge in [0, 0.05) is 23.6 Å². The third kappa shape index (κ3) is 7.44. The summed E-state index contributed by atoms with van der Waals surface area (Å²) >= 11 is 0. The standard InChI is InChI=1S/C32H48N2O2/c1-9-21(5)25-15-27(31(35)29(17-25)23(7)11-3)19-33-13-14-34-20-28-16-26(22(6)10-2)18-30(32(28)36)24(8)12-4/h15-24,35-36H,9-14H2,1-8H3. The van der Waals surface area contributed by atoms with Crippen molar-refractivity contribution in [3.05, 3.63) is 57.6 Å². The fourth-order valence-electron chi connectivity index (χ4n) is 4.28. The van der Waals surface area contributed by atoms with Gasteiger partial charge >= 0.3 is 0 Å². The highest BCUT2D eigenvalue weighted by atomic mass is 16.3. The molecule has 4 unspecified atom stereocenters. The van der Waals surface area contributed by atoms with Gasteiger partial charge in [-0.3, -0.25) is 9.98 Å². The molecule has 36 heavy (non-hydrogen) atoms. The second-order valence-electron chi connectivity index (χ2n) is 10.4. The minimum Gasteiger partial charge on any atom is -0.507 e. The molecule has 0 spiro atoms. The Morgan fingerprint density at radius 3 is 1.22 bits per heavy atom. The summed E-state index contributed by atoms with van der Waals surface area (Å²) in [7, 11) is 0. The van der Waals surface area contributed by atoms with Gasteiger partial charge in [0.05, 0.1) is 13.1 Å². The van der Waals surface area contributed by atoms with Crippen LogP contribution in [0.25, 0.3) is 0 Å². The Hall–Kier alpha value is -2.62. The Kier molecular flexibility index (Phi) is 11.7. The lowest BCUT2D eigenvalue weighted by Gasteiger charge is -2.18. The van der Waals surface area contributed by atoms with Gasteiger partial charge in [0.1, 0.15) is 11.5 Å². The van der Waals surface area contributed by atoms with E-state index in [9.17, 15) is 10.2 Å². The maximum atomic E-state index is 10.9. The number of benzene rings is 2. The van der Waals surface area contributed by atoms with Crippen LogP contribution in [0.1, 0.15) is 138 Å². The number of phenols is 2. The molecule has 0 amide bonds. The van der Waals surface area contributed by atoms with E-state index in [-0.39, 0.29) is 0 Å². The molecule has 2 rings (SSSR count). The summed E-state index contributed by atoms with van der Waals surface area (Å²) < 4.78 is 0. The van der Waals surface area contributed by atoms with Crippen LogP contribution in [-0.2, 0) is 0 Å². The van der Waals surface area contributed by atoms with Crippen molar-refractivity contribution < 1.29 is 10.2 Å². The maximum absolute atomic E-state index is 10.9. The lowest BCUT2D eigenvalue weighted by Crippen LogP contribution is -2.02. The van der Waals surface area contributed by atoms with Crippen molar-refractivity contribution in [3.8, 4) is 11.5 Å². The molecular formula is C32H48N2O2. The van der Waals surface area contributed by atoms with Crippen molar-refractivity contribution in [3.63, 3.8) is 0 Å². The summed E-state index contributed by atoms with van der Waals surface area (Å²) in [5, 5.41) is 21.8. The van der Waals surface area contributed by atoms with E-state index in [1.54, 1.807) is 12.4 Å². The largest absolute Gasteiger partial charge is 0.507 e. The highest BCUT2D eigenvalue weighted by Crippen LogP contribution is 2.35. The average Bonchev–Trinajstić information content (AvgIpc) is 2.90. The average molecular weight is 493 g/mol. The van der Waals surface area contributed by atoms with Crippen molar-refractivity contribution in [2.75, 3.05) is 13.1 Å². The van der Waals surface area contributed by atoms with Gasteiger partial charge in [0.15, 0.2) is 0 Å². The van der Waals surface area contributed by atoms with Gasteiger partial charge in [-0.25, -0.2) is 0 Å². The second-order valence-corrected chi connectivity index (χ2v) is 10.4. The van der Waals surface area contributed by atoms with Gasteiger partial charge in [0.25, 0.3) is 0 Å². The number of hydrogen-bond donors (Lipinski definition) is 2. The van der Waals surface area contributed by atoms with E-state index >= 15 is 0 Å². The Balaban J connectivity index is 2.20. The molecule has 2 N–H and O–H groups in total. The first-order valence-corrected chi connectivity index (χ1v) is 13.9. The van der Waals surface area contributed by atoms with Crippen LogP contribution in [0.15, 0.2) is 34.3 Å². The number of rotatable bonds is 13. The molecule has 0 radical (unpaired) electrons. The number of nitrogens with zero attached hydrogens (tertiary/aromatic N) is 2. The number of phenolic OH excluding ortho intramolecular Hbond substituents is 2. The highest BCUT2D eigenvalue weighted by molar-refractivity contribution is 5.85. The van der Waals surface area contributed by atoms with Crippen LogP contribution < -0.4 is 0 Å². The van der Waals surface area contributed by atoms with Crippen LogP contribution >= 0.6 is 0 Å². The smallest absolute Gasteiger partial charge is 0.127 e. The van der Waals surface area contributed by atoms with Gasteiger partial charge in [-0.2, -0.15) is 0 Å². The van der Waals surface area contributed by atoms with E-state index in [4.69, 9.17) is 0 Å². The fourth-order valence-corrected chi connectivity index (χ4v) is 4.28. The predicted octanol–water partition coefficient (Wildman–Crippen LogP) is 8.69. The first kappa shape index (κ1) is 29.6. The van der Waals surface area contributed by atoms with Crippen molar-refractivity contribution in [1.82, 2.24) is 0 Å². The normalized spacial score (nSPS) is 15.4. The van der Waals surface area contributed by atoms with Crippen molar-refractivity contribution >= 4 is 12.4 Å². The molecule has 4 nitrogen and oxygen atoms in total. The van der Waals surface area contributed by atoms with Gasteiger partial charge < -0.3 is 10.2 Å². The van der Waals surface area contributed by atoms with Crippen LogP contribution in [0.5, 0.6) is 11.5 Å². The molecule has 0 aliphatic carbocycles. The van der Waals surface area contributed by atoms with Crippen LogP contribution in [0.2, 0.25) is 0 Å². The zero-order chi connectivity index (χ0) is 26.8. The third-order valence-electron chi connectivity index (χ3n) is 7.85. The summed E-state index contributed by atoms with van der Waals surface area (Å²) in [4.78, 5) is 9.13. The zero-order valence-corrected chi connectivity index (χ0v) is 23.8. The summed E-state index contributed by atoms with van der Waals surface area (Å²) in [5.74, 6) is 2.14. The summed E-state index contributed by atoms with van der Waals surface area (Å²) in [6.07, 6.45) is 7.63. The molecule has 0 saturated heterocycles. The Bertz CT molecular complexity index is 957. The molecule has 0 saturated carbocycles. The Labute approximate surface area is 219 Å². The van der Waals surface area contributed by atoms with Crippen LogP contribution in [0.3, 0.4) is 0 Å². The first-order valence-electron chi connectivity index (χ1n) is 13.9. The van der Waals surface area contributed by atoms with Gasteiger partial charge in [-0.1, -0.05) is 67.5 Å². The maximum Gasteiger partial charge on any atom is 0.127 e. The molecule has 4 heteroatoms. The second kappa shape index (κ2) is 14.2. The molecule has 0 aromatic heterocycles. The Morgan fingerprint density at radius 2 is 0.917 bits per heavy atom. The molecule has 0 bridgehead atoms. The van der Waals surface area contributed by atoms with Gasteiger partial charge in [0.2, 0.25) is 0 Å².